The third-order valence-corrected chi connectivity index (χ3v) is 3.79. The molecule has 1 aliphatic heterocycles. The van der Waals surface area contributed by atoms with Crippen LogP contribution in [0.15, 0.2) is 24.3 Å². The minimum atomic E-state index is -0.235. The first kappa shape index (κ1) is 16.3. The Hall–Kier alpha value is -1.10. The zero-order valence-electron chi connectivity index (χ0n) is 12.6. The normalized spacial score (nSPS) is 19.3. The van der Waals surface area contributed by atoms with Crippen LogP contribution in [0.4, 0.5) is 0 Å². The third-order valence-electron chi connectivity index (χ3n) is 3.55. The summed E-state index contributed by atoms with van der Waals surface area (Å²) < 4.78 is 5.31. The third kappa shape index (κ3) is 5.30. The number of hydrogen-bond donors (Lipinski definition) is 2. The molecule has 0 radical (unpaired) electrons. The van der Waals surface area contributed by atoms with E-state index >= 15 is 0 Å². The highest BCUT2D eigenvalue weighted by atomic mass is 35.5. The Morgan fingerprint density at radius 2 is 2.33 bits per heavy atom. The van der Waals surface area contributed by atoms with Gasteiger partial charge in [0, 0.05) is 18.1 Å². The summed E-state index contributed by atoms with van der Waals surface area (Å²) in [5.41, 5.74) is 1.15. The lowest BCUT2D eigenvalue weighted by Crippen LogP contribution is -2.52. The number of rotatable bonds is 5. The number of hydrogen-bond acceptors (Lipinski definition) is 3. The number of carbonyl (C=O) groups excluding carboxylic acids is 1. The zero-order valence-corrected chi connectivity index (χ0v) is 13.4. The van der Waals surface area contributed by atoms with Gasteiger partial charge in [-0.3, -0.25) is 4.79 Å². The number of nitrogens with one attached hydrogen (secondary N) is 2. The number of morpholine rings is 1. The van der Waals surface area contributed by atoms with Crippen molar-refractivity contribution >= 4 is 17.5 Å². The van der Waals surface area contributed by atoms with Crippen molar-refractivity contribution in [3.63, 3.8) is 0 Å². The number of amides is 1. The van der Waals surface area contributed by atoms with Crippen molar-refractivity contribution < 1.29 is 9.53 Å². The fraction of sp³-hybridized carbons (Fsp3) is 0.562. The Morgan fingerprint density at radius 1 is 1.52 bits per heavy atom. The second-order valence-corrected chi connectivity index (χ2v) is 6.71. The highest BCUT2D eigenvalue weighted by Gasteiger charge is 2.24. The summed E-state index contributed by atoms with van der Waals surface area (Å²) in [4.78, 5) is 12.1. The monoisotopic (exact) mass is 310 g/mol. The van der Waals surface area contributed by atoms with Gasteiger partial charge >= 0.3 is 0 Å². The molecule has 1 aromatic carbocycles. The van der Waals surface area contributed by atoms with Crippen LogP contribution < -0.4 is 10.6 Å². The van der Waals surface area contributed by atoms with Crippen molar-refractivity contribution in [1.29, 1.82) is 0 Å². The van der Waals surface area contributed by atoms with Gasteiger partial charge in [-0.05, 0) is 29.5 Å². The molecule has 2 N–H and O–H groups in total. The lowest BCUT2D eigenvalue weighted by Gasteiger charge is -2.28. The van der Waals surface area contributed by atoms with Crippen molar-refractivity contribution in [2.45, 2.75) is 26.3 Å². The van der Waals surface area contributed by atoms with E-state index in [4.69, 9.17) is 16.3 Å². The van der Waals surface area contributed by atoms with E-state index in [2.05, 4.69) is 30.5 Å². The summed E-state index contributed by atoms with van der Waals surface area (Å²) in [6, 6.07) is 7.62. The summed E-state index contributed by atoms with van der Waals surface area (Å²) in [7, 11) is 0. The average molecular weight is 311 g/mol. The smallest absolute Gasteiger partial charge is 0.239 e. The molecule has 0 bridgehead atoms. The average Bonchev–Trinajstić information content (AvgIpc) is 2.45. The maximum absolute atomic E-state index is 12.1. The van der Waals surface area contributed by atoms with Gasteiger partial charge in [-0.25, -0.2) is 0 Å². The zero-order chi connectivity index (χ0) is 15.3. The summed E-state index contributed by atoms with van der Waals surface area (Å²) in [5.74, 6) is 0.00821. The first-order chi connectivity index (χ1) is 9.96. The van der Waals surface area contributed by atoms with Crippen LogP contribution in [0.5, 0.6) is 0 Å². The molecule has 5 heteroatoms. The topological polar surface area (TPSA) is 50.4 Å². The Labute approximate surface area is 131 Å². The molecule has 1 unspecified atom stereocenters. The highest BCUT2D eigenvalue weighted by molar-refractivity contribution is 6.30. The molecule has 4 nitrogen and oxygen atoms in total. The van der Waals surface area contributed by atoms with Gasteiger partial charge in [-0.15, -0.1) is 0 Å². The molecule has 1 aromatic rings. The summed E-state index contributed by atoms with van der Waals surface area (Å²) >= 11 is 6.01. The van der Waals surface area contributed by atoms with E-state index in [1.807, 2.05) is 18.2 Å². The second-order valence-electron chi connectivity index (χ2n) is 6.27. The van der Waals surface area contributed by atoms with Crippen LogP contribution in [0.2, 0.25) is 5.02 Å². The maximum Gasteiger partial charge on any atom is 0.239 e. The molecule has 21 heavy (non-hydrogen) atoms. The first-order valence-electron chi connectivity index (χ1n) is 7.30. The van der Waals surface area contributed by atoms with E-state index in [0.29, 0.717) is 19.8 Å². The molecule has 0 aliphatic carbocycles. The molecule has 0 spiro atoms. The summed E-state index contributed by atoms with van der Waals surface area (Å²) in [5, 5.41) is 6.92. The number of carbonyl (C=O) groups is 1. The fourth-order valence-corrected chi connectivity index (χ4v) is 2.66. The molecule has 1 heterocycles. The molecular formula is C16H23ClN2O2. The molecule has 1 fully saturated rings. The lowest BCUT2D eigenvalue weighted by molar-refractivity contribution is -0.126. The van der Waals surface area contributed by atoms with Gasteiger partial charge in [0.2, 0.25) is 5.91 Å². The van der Waals surface area contributed by atoms with E-state index < -0.39 is 0 Å². The quantitative estimate of drug-likeness (QED) is 0.875. The van der Waals surface area contributed by atoms with Gasteiger partial charge in [0.15, 0.2) is 0 Å². The van der Waals surface area contributed by atoms with Gasteiger partial charge in [0.05, 0.1) is 13.2 Å². The Morgan fingerprint density at radius 3 is 3.00 bits per heavy atom. The number of ether oxygens (including phenoxy) is 1. The van der Waals surface area contributed by atoms with Crippen LogP contribution in [0.25, 0.3) is 0 Å². The largest absolute Gasteiger partial charge is 0.378 e. The van der Waals surface area contributed by atoms with E-state index in [1.165, 1.54) is 5.56 Å². The van der Waals surface area contributed by atoms with E-state index in [1.54, 1.807) is 0 Å². The van der Waals surface area contributed by atoms with E-state index in [-0.39, 0.29) is 17.4 Å². The van der Waals surface area contributed by atoms with Crippen molar-refractivity contribution in [3.8, 4) is 0 Å². The van der Waals surface area contributed by atoms with E-state index in [0.717, 1.165) is 18.0 Å². The molecule has 0 aromatic heterocycles. The van der Waals surface area contributed by atoms with Crippen molar-refractivity contribution in [3.05, 3.63) is 34.9 Å². The highest BCUT2D eigenvalue weighted by Crippen LogP contribution is 2.22. The SMILES string of the molecule is CC(C)(CNC(=O)C1COCCN1)Cc1cccc(Cl)c1. The van der Waals surface area contributed by atoms with Crippen molar-refractivity contribution in [1.82, 2.24) is 10.6 Å². The predicted octanol–water partition coefficient (Wildman–Crippen LogP) is 2.01. The van der Waals surface area contributed by atoms with Crippen molar-refractivity contribution in [2.24, 2.45) is 5.41 Å². The molecule has 2 rings (SSSR count). The lowest BCUT2D eigenvalue weighted by atomic mass is 9.85. The van der Waals surface area contributed by atoms with Gasteiger partial charge in [-0.1, -0.05) is 37.6 Å². The molecule has 1 amide bonds. The van der Waals surface area contributed by atoms with Crippen LogP contribution in [0.1, 0.15) is 19.4 Å². The van der Waals surface area contributed by atoms with Gasteiger partial charge in [0.1, 0.15) is 6.04 Å². The molecule has 1 aliphatic rings. The molecular weight excluding hydrogens is 288 g/mol. The maximum atomic E-state index is 12.1. The van der Waals surface area contributed by atoms with Crippen LogP contribution in [0, 0.1) is 5.41 Å². The molecule has 0 saturated carbocycles. The van der Waals surface area contributed by atoms with Gasteiger partial charge in [0.25, 0.3) is 0 Å². The Kier molecular flexibility index (Phi) is 5.62. The summed E-state index contributed by atoms with van der Waals surface area (Å²) in [6.07, 6.45) is 0.864. The van der Waals surface area contributed by atoms with Crippen LogP contribution in [-0.2, 0) is 16.0 Å². The van der Waals surface area contributed by atoms with Gasteiger partial charge < -0.3 is 15.4 Å². The standard InChI is InChI=1S/C16H23ClN2O2/c1-16(2,9-12-4-3-5-13(17)8-12)11-19-15(20)14-10-21-7-6-18-14/h3-5,8,14,18H,6-7,9-11H2,1-2H3,(H,19,20). The van der Waals surface area contributed by atoms with Gasteiger partial charge in [-0.2, -0.15) is 0 Å². The second kappa shape index (κ2) is 7.25. The molecule has 1 saturated heterocycles. The summed E-state index contributed by atoms with van der Waals surface area (Å²) in [6.45, 7) is 6.74. The number of benzene rings is 1. The van der Waals surface area contributed by atoms with Crippen molar-refractivity contribution in [2.75, 3.05) is 26.3 Å². The van der Waals surface area contributed by atoms with E-state index in [9.17, 15) is 4.79 Å². The first-order valence-corrected chi connectivity index (χ1v) is 7.67. The molecule has 1 atom stereocenters. The Balaban J connectivity index is 1.84. The molecule has 116 valence electrons. The minimum Gasteiger partial charge on any atom is -0.378 e. The van der Waals surface area contributed by atoms with Crippen LogP contribution >= 0.6 is 11.6 Å². The fourth-order valence-electron chi connectivity index (χ4n) is 2.45. The van der Waals surface area contributed by atoms with Crippen LogP contribution in [0.3, 0.4) is 0 Å². The van der Waals surface area contributed by atoms with Crippen LogP contribution in [-0.4, -0.2) is 38.3 Å². The Bertz CT molecular complexity index is 485. The predicted molar refractivity (Wildman–Crippen MR) is 84.6 cm³/mol. The minimum absolute atomic E-state index is 0.00821. The number of halogens is 1.